The lowest BCUT2D eigenvalue weighted by atomic mass is 10.1. The first-order valence-corrected chi connectivity index (χ1v) is 13.4. The highest BCUT2D eigenvalue weighted by Crippen LogP contribution is 3.02. The van der Waals surface area contributed by atoms with E-state index in [1.807, 2.05) is 0 Å². The predicted molar refractivity (Wildman–Crippen MR) is 118 cm³/mol. The Morgan fingerprint density at radius 3 is 2.31 bits per heavy atom. The smallest absolute Gasteiger partial charge is 0.346 e. The lowest BCUT2D eigenvalue weighted by Gasteiger charge is -2.41. The summed E-state index contributed by atoms with van der Waals surface area (Å²) in [4.78, 5) is 15.7. The molecule has 0 aliphatic carbocycles. The van der Waals surface area contributed by atoms with Gasteiger partial charge in [0.2, 0.25) is 5.95 Å². The molecule has 36 heavy (non-hydrogen) atoms. The van der Waals surface area contributed by atoms with Crippen LogP contribution >= 0.6 is 10.2 Å². The Balaban J connectivity index is 2.12. The first-order valence-electron chi connectivity index (χ1n) is 9.35. The first kappa shape index (κ1) is 27.1. The minimum Gasteiger partial charge on any atom is -0.349 e. The van der Waals surface area contributed by atoms with Gasteiger partial charge in [-0.15, -0.1) is 4.36 Å². The largest absolute Gasteiger partial charge is 0.349 e. The van der Waals surface area contributed by atoms with E-state index >= 15 is 0 Å². The van der Waals surface area contributed by atoms with Crippen LogP contribution in [0, 0.1) is 17.5 Å². The Labute approximate surface area is 198 Å². The van der Waals surface area contributed by atoms with Crippen LogP contribution in [0.15, 0.2) is 51.9 Å². The van der Waals surface area contributed by atoms with Crippen LogP contribution in [-0.2, 0) is 15.5 Å². The fourth-order valence-corrected chi connectivity index (χ4v) is 4.95. The molecular formula is C19H15F8N5O2S2. The van der Waals surface area contributed by atoms with Crippen LogP contribution < -0.4 is 11.1 Å². The fourth-order valence-electron chi connectivity index (χ4n) is 3.00. The van der Waals surface area contributed by atoms with Crippen molar-refractivity contribution < 1.29 is 41.6 Å². The molecule has 1 atom stereocenters. The lowest BCUT2D eigenvalue weighted by Crippen LogP contribution is -2.12. The summed E-state index contributed by atoms with van der Waals surface area (Å²) in [7, 11) is -13.8. The highest BCUT2D eigenvalue weighted by Gasteiger charge is 2.65. The Kier molecular flexibility index (Phi) is 6.25. The van der Waals surface area contributed by atoms with Gasteiger partial charge in [0, 0.05) is 23.6 Å². The molecule has 0 unspecified atom stereocenters. The maximum Gasteiger partial charge on any atom is 0.346 e. The van der Waals surface area contributed by atoms with Crippen molar-refractivity contribution in [3.8, 4) is 11.3 Å². The molecule has 0 aliphatic rings. The predicted octanol–water partition coefficient (Wildman–Crippen LogP) is 6.64. The number of anilines is 2. The number of amides is 2. The van der Waals surface area contributed by atoms with Gasteiger partial charge in [-0.1, -0.05) is 19.4 Å². The molecule has 2 amide bonds. The summed E-state index contributed by atoms with van der Waals surface area (Å²) < 4.78 is 125. The Hall–Kier alpha value is -3.47. The second-order valence-corrected chi connectivity index (χ2v) is 12.3. The second kappa shape index (κ2) is 8.29. The maximum absolute atomic E-state index is 14.2. The number of carbonyl (C=O) groups excluding carboxylic acids is 1. The molecule has 0 bridgehead atoms. The van der Waals surface area contributed by atoms with Crippen molar-refractivity contribution in [2.75, 3.05) is 11.6 Å². The summed E-state index contributed by atoms with van der Waals surface area (Å²) in [6.07, 6.45) is 1.40. The van der Waals surface area contributed by atoms with Gasteiger partial charge < -0.3 is 11.1 Å². The lowest BCUT2D eigenvalue weighted by molar-refractivity contribution is 0.257. The summed E-state index contributed by atoms with van der Waals surface area (Å²) in [5.41, 5.74) is 2.33. The summed E-state index contributed by atoms with van der Waals surface area (Å²) in [5.74, 6) is -4.87. The zero-order chi connectivity index (χ0) is 27.2. The molecule has 1 heterocycles. The van der Waals surface area contributed by atoms with Crippen molar-refractivity contribution in [2.45, 2.75) is 10.6 Å². The van der Waals surface area contributed by atoms with Gasteiger partial charge >= 0.3 is 16.3 Å². The summed E-state index contributed by atoms with van der Waals surface area (Å²) in [6.45, 7) is 0. The molecule has 1 aromatic heterocycles. The van der Waals surface area contributed by atoms with Gasteiger partial charge in [-0.25, -0.2) is 32.1 Å². The molecule has 3 N–H and O–H groups in total. The van der Waals surface area contributed by atoms with E-state index in [1.54, 1.807) is 0 Å². The third-order valence-corrected chi connectivity index (χ3v) is 6.88. The average Bonchev–Trinajstić information content (AvgIpc) is 2.66. The number of hydrogen-bond donors (Lipinski definition) is 2. The molecule has 0 spiro atoms. The standard InChI is InChI=1S/C19H15F8N5O2S2/c1-35(34,32-18(28)33)9-10-4-12(7-13(5-10)36(23,24,25,26)27)30-19-29-8-16(22)17(31-19)14-3-2-11(20)6-15(14)21/h2-8H,9H2,1H3,(H2,28,33)(H,29,30,31)/t35-/m0/s1. The van der Waals surface area contributed by atoms with Crippen LogP contribution in [0.1, 0.15) is 5.56 Å². The minimum absolute atomic E-state index is 0.0125. The molecule has 0 fully saturated rings. The molecule has 0 aliphatic heterocycles. The zero-order valence-corrected chi connectivity index (χ0v) is 19.5. The van der Waals surface area contributed by atoms with E-state index in [0.717, 1.165) is 24.5 Å². The van der Waals surface area contributed by atoms with E-state index in [0.29, 0.717) is 12.3 Å². The monoisotopic (exact) mass is 561 g/mol. The summed E-state index contributed by atoms with van der Waals surface area (Å²) in [6, 6.07) is 1.62. The molecule has 2 aromatic carbocycles. The highest BCUT2D eigenvalue weighted by molar-refractivity contribution is 8.45. The number of halogens is 8. The number of nitrogens with one attached hydrogen (secondary N) is 1. The normalized spacial score (nSPS) is 15.4. The van der Waals surface area contributed by atoms with E-state index in [2.05, 4.69) is 19.6 Å². The first-order chi connectivity index (χ1) is 16.2. The Morgan fingerprint density at radius 2 is 1.72 bits per heavy atom. The van der Waals surface area contributed by atoms with Crippen LogP contribution in [0.3, 0.4) is 0 Å². The van der Waals surface area contributed by atoms with E-state index in [9.17, 15) is 41.6 Å². The number of primary amides is 1. The topological polar surface area (TPSA) is 110 Å². The molecule has 7 nitrogen and oxygen atoms in total. The van der Waals surface area contributed by atoms with E-state index < -0.39 is 82.5 Å². The van der Waals surface area contributed by atoms with Crippen molar-refractivity contribution in [2.24, 2.45) is 10.1 Å². The van der Waals surface area contributed by atoms with Gasteiger partial charge in [-0.2, -0.15) is 0 Å². The van der Waals surface area contributed by atoms with Gasteiger partial charge in [0.15, 0.2) is 5.82 Å². The van der Waals surface area contributed by atoms with Crippen molar-refractivity contribution in [1.29, 1.82) is 0 Å². The Bertz CT molecular complexity index is 1510. The van der Waals surface area contributed by atoms with E-state index in [4.69, 9.17) is 5.73 Å². The minimum atomic E-state index is -10.3. The SMILES string of the molecule is C[S@](=O)(Cc1cc(Nc2ncc(F)c(-c3ccc(F)cc3F)n2)cc(S(F)(F)(F)(F)F)c1)=NC(N)=O. The van der Waals surface area contributed by atoms with Crippen LogP contribution in [0.5, 0.6) is 0 Å². The highest BCUT2D eigenvalue weighted by atomic mass is 32.5. The molecular weight excluding hydrogens is 546 g/mol. The number of nitrogens with zero attached hydrogens (tertiary/aromatic N) is 3. The zero-order valence-electron chi connectivity index (χ0n) is 17.8. The van der Waals surface area contributed by atoms with Gasteiger partial charge in [-0.3, -0.25) is 0 Å². The second-order valence-electron chi connectivity index (χ2n) is 7.51. The van der Waals surface area contributed by atoms with Crippen LogP contribution in [0.25, 0.3) is 11.3 Å². The van der Waals surface area contributed by atoms with Crippen LogP contribution in [-0.4, -0.2) is 26.5 Å². The van der Waals surface area contributed by atoms with Crippen molar-refractivity contribution in [3.63, 3.8) is 0 Å². The summed E-state index contributed by atoms with van der Waals surface area (Å²) >= 11 is 0. The maximum atomic E-state index is 14.2. The third kappa shape index (κ3) is 6.81. The number of rotatable bonds is 6. The number of carbonyl (C=O) groups is 1. The van der Waals surface area contributed by atoms with Gasteiger partial charge in [0.05, 0.1) is 21.7 Å². The van der Waals surface area contributed by atoms with Crippen LogP contribution in [0.2, 0.25) is 0 Å². The number of urea groups is 1. The van der Waals surface area contributed by atoms with Gasteiger partial charge in [-0.05, 0) is 35.9 Å². The number of nitrogens with two attached hydrogens (primary N) is 1. The van der Waals surface area contributed by atoms with Crippen molar-refractivity contribution in [3.05, 3.63) is 65.6 Å². The van der Waals surface area contributed by atoms with Gasteiger partial charge in [0.1, 0.15) is 22.2 Å². The van der Waals surface area contributed by atoms with E-state index in [-0.39, 0.29) is 12.1 Å². The molecule has 0 saturated carbocycles. The van der Waals surface area contributed by atoms with E-state index in [1.165, 1.54) is 0 Å². The fraction of sp³-hybridized carbons (Fsp3) is 0.105. The van der Waals surface area contributed by atoms with Crippen molar-refractivity contribution in [1.82, 2.24) is 9.97 Å². The molecule has 196 valence electrons. The number of hydrogen-bond acceptors (Lipinski definition) is 5. The molecule has 0 saturated heterocycles. The molecule has 3 rings (SSSR count). The van der Waals surface area contributed by atoms with Crippen molar-refractivity contribution >= 4 is 37.6 Å². The number of aromatic nitrogens is 2. The Morgan fingerprint density at radius 1 is 1.06 bits per heavy atom. The summed E-state index contributed by atoms with van der Waals surface area (Å²) in [5, 5.41) is 2.17. The quantitative estimate of drug-likeness (QED) is 0.328. The molecule has 17 heteroatoms. The average molecular weight is 561 g/mol. The van der Waals surface area contributed by atoms with Crippen LogP contribution in [0.4, 0.5) is 49.0 Å². The third-order valence-electron chi connectivity index (χ3n) is 4.32. The molecule has 0 radical (unpaired) electrons. The number of benzene rings is 2. The molecule has 3 aromatic rings. The van der Waals surface area contributed by atoms with Gasteiger partial charge in [0.25, 0.3) is 0 Å².